The van der Waals surface area contributed by atoms with Crippen LogP contribution in [0.1, 0.15) is 95.6 Å². The van der Waals surface area contributed by atoms with Crippen molar-refractivity contribution in [3.8, 4) is 0 Å². The molecule has 2 fully saturated rings. The SMILES string of the molecule is CC1CCc2ccccc21.CCC12CCCCC1CCCC2C. The van der Waals surface area contributed by atoms with Gasteiger partial charge in [0.25, 0.3) is 0 Å². The third-order valence-electron chi connectivity index (χ3n) is 7.52. The summed E-state index contributed by atoms with van der Waals surface area (Å²) < 4.78 is 0. The van der Waals surface area contributed by atoms with Gasteiger partial charge in [-0.2, -0.15) is 0 Å². The van der Waals surface area contributed by atoms with E-state index in [1.165, 1.54) is 64.2 Å². The summed E-state index contributed by atoms with van der Waals surface area (Å²) in [5.74, 6) is 2.91. The quantitative estimate of drug-likeness (QED) is 0.517. The van der Waals surface area contributed by atoms with Gasteiger partial charge in [0.1, 0.15) is 0 Å². The molecule has 4 rings (SSSR count). The van der Waals surface area contributed by atoms with Crippen molar-refractivity contribution in [1.29, 1.82) is 0 Å². The Balaban J connectivity index is 0.000000140. The molecule has 23 heavy (non-hydrogen) atoms. The standard InChI is InChI=1S/C13H24.C10H12/c1-3-13-10-5-4-8-12(13)9-6-7-11(13)2;1-8-6-7-9-4-2-3-5-10(8)9/h11-12H,3-10H2,1-2H3;2-5,8H,6-7H2,1H3. The van der Waals surface area contributed by atoms with E-state index in [0.29, 0.717) is 0 Å². The topological polar surface area (TPSA) is 0 Å². The maximum absolute atomic E-state index is 2.51. The smallest absolute Gasteiger partial charge is 0.0184 e. The molecule has 0 amide bonds. The minimum atomic E-state index is 0.774. The number of aryl methyl sites for hydroxylation is 1. The molecule has 0 saturated heterocycles. The highest BCUT2D eigenvalue weighted by Gasteiger charge is 2.44. The van der Waals surface area contributed by atoms with Crippen molar-refractivity contribution in [2.75, 3.05) is 0 Å². The average Bonchev–Trinajstić information content (AvgIpc) is 2.98. The lowest BCUT2D eigenvalue weighted by Crippen LogP contribution is -2.41. The molecule has 0 nitrogen and oxygen atoms in total. The molecule has 3 aliphatic rings. The molecular formula is C23H36. The van der Waals surface area contributed by atoms with E-state index in [-0.39, 0.29) is 0 Å². The van der Waals surface area contributed by atoms with Crippen LogP contribution >= 0.6 is 0 Å². The highest BCUT2D eigenvalue weighted by molar-refractivity contribution is 5.33. The maximum Gasteiger partial charge on any atom is -0.0184 e. The molecular weight excluding hydrogens is 276 g/mol. The zero-order chi connectivity index (χ0) is 16.3. The van der Waals surface area contributed by atoms with Gasteiger partial charge in [-0.25, -0.2) is 0 Å². The summed E-state index contributed by atoms with van der Waals surface area (Å²) in [5, 5.41) is 0. The third-order valence-corrected chi connectivity index (χ3v) is 7.52. The molecule has 0 aromatic heterocycles. The molecule has 4 unspecified atom stereocenters. The van der Waals surface area contributed by atoms with Crippen LogP contribution in [0.5, 0.6) is 0 Å². The summed E-state index contributed by atoms with van der Waals surface area (Å²) in [7, 11) is 0. The van der Waals surface area contributed by atoms with Gasteiger partial charge in [-0.1, -0.05) is 70.7 Å². The summed E-state index contributed by atoms with van der Waals surface area (Å²) in [6.45, 7) is 7.26. The zero-order valence-electron chi connectivity index (χ0n) is 15.6. The second-order valence-electron chi connectivity index (χ2n) is 8.50. The van der Waals surface area contributed by atoms with Crippen LogP contribution in [0.4, 0.5) is 0 Å². The van der Waals surface area contributed by atoms with Crippen LogP contribution in [0.3, 0.4) is 0 Å². The Morgan fingerprint density at radius 1 is 0.957 bits per heavy atom. The number of fused-ring (bicyclic) bond motifs is 2. The summed E-state index contributed by atoms with van der Waals surface area (Å²) >= 11 is 0. The lowest BCUT2D eigenvalue weighted by atomic mass is 9.54. The first-order chi connectivity index (χ1) is 11.2. The Morgan fingerprint density at radius 2 is 1.74 bits per heavy atom. The molecule has 0 radical (unpaired) electrons. The highest BCUT2D eigenvalue weighted by Crippen LogP contribution is 2.55. The number of hydrogen-bond donors (Lipinski definition) is 0. The molecule has 0 bridgehead atoms. The van der Waals surface area contributed by atoms with E-state index in [1.807, 2.05) is 0 Å². The van der Waals surface area contributed by atoms with Crippen molar-refractivity contribution in [3.05, 3.63) is 35.4 Å². The van der Waals surface area contributed by atoms with Crippen LogP contribution in [0.25, 0.3) is 0 Å². The molecule has 3 aliphatic carbocycles. The predicted molar refractivity (Wildman–Crippen MR) is 101 cm³/mol. The monoisotopic (exact) mass is 312 g/mol. The normalized spacial score (nSPS) is 35.7. The molecule has 2 saturated carbocycles. The van der Waals surface area contributed by atoms with E-state index < -0.39 is 0 Å². The van der Waals surface area contributed by atoms with E-state index in [0.717, 1.165) is 23.2 Å². The van der Waals surface area contributed by atoms with E-state index >= 15 is 0 Å². The van der Waals surface area contributed by atoms with Crippen molar-refractivity contribution < 1.29 is 0 Å². The minimum Gasteiger partial charge on any atom is -0.0648 e. The Hall–Kier alpha value is -0.780. The number of hydrogen-bond acceptors (Lipinski definition) is 0. The van der Waals surface area contributed by atoms with Crippen LogP contribution in [-0.2, 0) is 6.42 Å². The number of rotatable bonds is 1. The Kier molecular flexibility index (Phi) is 5.49. The zero-order valence-corrected chi connectivity index (χ0v) is 15.6. The first kappa shape index (κ1) is 17.1. The molecule has 1 aromatic rings. The molecule has 128 valence electrons. The minimum absolute atomic E-state index is 0.774. The van der Waals surface area contributed by atoms with Crippen LogP contribution < -0.4 is 0 Å². The molecule has 0 heterocycles. The van der Waals surface area contributed by atoms with Crippen LogP contribution in [-0.4, -0.2) is 0 Å². The predicted octanol–water partition coefficient (Wildman–Crippen LogP) is 7.13. The highest BCUT2D eigenvalue weighted by atomic mass is 14.5. The Labute approximate surface area is 144 Å². The van der Waals surface area contributed by atoms with Crippen molar-refractivity contribution >= 4 is 0 Å². The van der Waals surface area contributed by atoms with Gasteiger partial charge in [0.2, 0.25) is 0 Å². The van der Waals surface area contributed by atoms with Crippen LogP contribution in [0.2, 0.25) is 0 Å². The summed E-state index contributed by atoms with van der Waals surface area (Å²) in [4.78, 5) is 0. The van der Waals surface area contributed by atoms with Crippen molar-refractivity contribution in [2.24, 2.45) is 17.3 Å². The molecule has 0 aliphatic heterocycles. The van der Waals surface area contributed by atoms with Gasteiger partial charge in [-0.15, -0.1) is 0 Å². The van der Waals surface area contributed by atoms with E-state index in [4.69, 9.17) is 0 Å². The Bertz CT molecular complexity index is 501. The van der Waals surface area contributed by atoms with Crippen molar-refractivity contribution in [2.45, 2.75) is 90.9 Å². The van der Waals surface area contributed by atoms with Gasteiger partial charge >= 0.3 is 0 Å². The summed E-state index contributed by atoms with van der Waals surface area (Å²) in [6, 6.07) is 8.78. The lowest BCUT2D eigenvalue weighted by molar-refractivity contribution is -0.0106. The lowest BCUT2D eigenvalue weighted by Gasteiger charge is -2.51. The molecule has 4 atom stereocenters. The van der Waals surface area contributed by atoms with Crippen LogP contribution in [0.15, 0.2) is 24.3 Å². The summed E-state index contributed by atoms with van der Waals surface area (Å²) in [5.41, 5.74) is 3.91. The fraction of sp³-hybridized carbons (Fsp3) is 0.739. The average molecular weight is 313 g/mol. The molecule has 0 N–H and O–H groups in total. The first-order valence-electron chi connectivity index (χ1n) is 10.2. The second-order valence-corrected chi connectivity index (χ2v) is 8.50. The Morgan fingerprint density at radius 3 is 2.48 bits per heavy atom. The van der Waals surface area contributed by atoms with Crippen LogP contribution in [0, 0.1) is 17.3 Å². The van der Waals surface area contributed by atoms with Gasteiger partial charge < -0.3 is 0 Å². The third kappa shape index (κ3) is 3.37. The van der Waals surface area contributed by atoms with Crippen molar-refractivity contribution in [3.63, 3.8) is 0 Å². The first-order valence-corrected chi connectivity index (χ1v) is 10.2. The van der Waals surface area contributed by atoms with Gasteiger partial charge in [0.05, 0.1) is 0 Å². The maximum atomic E-state index is 2.51. The fourth-order valence-electron chi connectivity index (χ4n) is 5.96. The van der Waals surface area contributed by atoms with Gasteiger partial charge in [-0.05, 0) is 72.8 Å². The fourth-order valence-corrected chi connectivity index (χ4v) is 5.96. The van der Waals surface area contributed by atoms with E-state index in [1.54, 1.807) is 11.1 Å². The number of benzene rings is 1. The molecule has 0 heteroatoms. The van der Waals surface area contributed by atoms with Gasteiger partial charge in [0, 0.05) is 0 Å². The molecule has 0 spiro atoms. The van der Waals surface area contributed by atoms with Gasteiger partial charge in [-0.3, -0.25) is 0 Å². The van der Waals surface area contributed by atoms with E-state index in [2.05, 4.69) is 45.0 Å². The molecule has 1 aromatic carbocycles. The van der Waals surface area contributed by atoms with Crippen molar-refractivity contribution in [1.82, 2.24) is 0 Å². The van der Waals surface area contributed by atoms with E-state index in [9.17, 15) is 0 Å². The largest absolute Gasteiger partial charge is 0.0648 e. The second kappa shape index (κ2) is 7.41. The van der Waals surface area contributed by atoms with Gasteiger partial charge in [0.15, 0.2) is 0 Å². The summed E-state index contributed by atoms with van der Waals surface area (Å²) in [6.07, 6.45) is 14.7.